The summed E-state index contributed by atoms with van der Waals surface area (Å²) in [4.78, 5) is 12.0. The van der Waals surface area contributed by atoms with E-state index in [0.29, 0.717) is 0 Å². The molecule has 1 fully saturated rings. The van der Waals surface area contributed by atoms with Gasteiger partial charge in [-0.05, 0) is 31.9 Å². The van der Waals surface area contributed by atoms with Crippen LogP contribution in [0.1, 0.15) is 18.4 Å². The third-order valence-electron chi connectivity index (χ3n) is 2.84. The predicted molar refractivity (Wildman–Crippen MR) is 61.2 cm³/mol. The predicted octanol–water partition coefficient (Wildman–Crippen LogP) is 2.95. The number of hydrogen-bond donors (Lipinski definition) is 1. The molecular weight excluding hydrogens is 208 g/mol. The van der Waals surface area contributed by atoms with E-state index in [-0.39, 0.29) is 11.2 Å². The smallest absolute Gasteiger partial charge is 0.307 e. The van der Waals surface area contributed by atoms with E-state index in [1.807, 2.05) is 0 Å². The van der Waals surface area contributed by atoms with Crippen LogP contribution in [0, 0.1) is 12.8 Å². The van der Waals surface area contributed by atoms with Gasteiger partial charge in [0.1, 0.15) is 0 Å². The quantitative estimate of drug-likeness (QED) is 0.854. The van der Waals surface area contributed by atoms with Crippen molar-refractivity contribution < 1.29 is 9.90 Å². The lowest BCUT2D eigenvalue weighted by Gasteiger charge is -2.32. The van der Waals surface area contributed by atoms with E-state index in [4.69, 9.17) is 5.11 Å². The van der Waals surface area contributed by atoms with Gasteiger partial charge in [-0.2, -0.15) is 0 Å². The second kappa shape index (κ2) is 4.27. The van der Waals surface area contributed by atoms with Crippen LogP contribution in [0.5, 0.6) is 0 Å². The monoisotopic (exact) mass is 222 g/mol. The highest BCUT2D eigenvalue weighted by Crippen LogP contribution is 2.41. The van der Waals surface area contributed by atoms with E-state index in [0.717, 1.165) is 12.8 Å². The number of aryl methyl sites for hydroxylation is 1. The van der Waals surface area contributed by atoms with Gasteiger partial charge in [-0.15, -0.1) is 11.8 Å². The number of carbonyl (C=O) groups is 1. The summed E-state index contributed by atoms with van der Waals surface area (Å²) in [5, 5.41) is 9.18. The molecule has 1 aromatic carbocycles. The molecule has 3 heteroatoms. The average molecular weight is 222 g/mol. The molecule has 0 aliphatic heterocycles. The van der Waals surface area contributed by atoms with Gasteiger partial charge in [0.2, 0.25) is 0 Å². The molecule has 2 nitrogen and oxygen atoms in total. The van der Waals surface area contributed by atoms with E-state index in [9.17, 15) is 4.79 Å². The van der Waals surface area contributed by atoms with E-state index in [2.05, 4.69) is 31.2 Å². The summed E-state index contributed by atoms with van der Waals surface area (Å²) < 4.78 is 0. The van der Waals surface area contributed by atoms with Gasteiger partial charge >= 0.3 is 5.97 Å². The lowest BCUT2D eigenvalue weighted by molar-refractivity contribution is -0.144. The van der Waals surface area contributed by atoms with Crippen LogP contribution in [-0.2, 0) is 4.79 Å². The van der Waals surface area contributed by atoms with Crippen molar-refractivity contribution in [2.45, 2.75) is 29.9 Å². The topological polar surface area (TPSA) is 37.3 Å². The van der Waals surface area contributed by atoms with Crippen molar-refractivity contribution in [1.29, 1.82) is 0 Å². The Balaban J connectivity index is 1.97. The minimum absolute atomic E-state index is 0.142. The number of hydrogen-bond acceptors (Lipinski definition) is 2. The molecule has 0 bridgehead atoms. The Bertz CT molecular complexity index is 358. The SMILES string of the molecule is Cc1ccc(SC2CCC2C(=O)O)cc1. The highest BCUT2D eigenvalue weighted by molar-refractivity contribution is 8.00. The molecule has 1 saturated carbocycles. The van der Waals surface area contributed by atoms with Crippen LogP contribution in [0.4, 0.5) is 0 Å². The van der Waals surface area contributed by atoms with Crippen molar-refractivity contribution in [1.82, 2.24) is 0 Å². The van der Waals surface area contributed by atoms with Gasteiger partial charge < -0.3 is 5.11 Å². The lowest BCUT2D eigenvalue weighted by atomic mass is 9.85. The molecule has 15 heavy (non-hydrogen) atoms. The fraction of sp³-hybridized carbons (Fsp3) is 0.417. The first-order valence-corrected chi connectivity index (χ1v) is 6.01. The molecule has 0 radical (unpaired) electrons. The van der Waals surface area contributed by atoms with Gasteiger partial charge in [0.05, 0.1) is 5.92 Å². The maximum atomic E-state index is 10.8. The molecule has 0 aromatic heterocycles. The molecule has 0 amide bonds. The third kappa shape index (κ3) is 2.34. The third-order valence-corrected chi connectivity index (χ3v) is 4.25. The molecular formula is C12H14O2S. The maximum absolute atomic E-state index is 10.8. The molecule has 2 rings (SSSR count). The number of thioether (sulfide) groups is 1. The van der Waals surface area contributed by atoms with Gasteiger partial charge in [-0.3, -0.25) is 4.79 Å². The number of carboxylic acids is 1. The van der Waals surface area contributed by atoms with Gasteiger partial charge in [0.25, 0.3) is 0 Å². The molecule has 0 heterocycles. The Morgan fingerprint density at radius 2 is 2.00 bits per heavy atom. The van der Waals surface area contributed by atoms with Crippen LogP contribution >= 0.6 is 11.8 Å². The Morgan fingerprint density at radius 1 is 1.33 bits per heavy atom. The first-order valence-electron chi connectivity index (χ1n) is 5.13. The van der Waals surface area contributed by atoms with E-state index >= 15 is 0 Å². The Morgan fingerprint density at radius 3 is 2.47 bits per heavy atom. The van der Waals surface area contributed by atoms with E-state index in [1.54, 1.807) is 11.8 Å². The fourth-order valence-corrected chi connectivity index (χ4v) is 3.00. The number of carboxylic acid groups (broad SMARTS) is 1. The molecule has 1 N–H and O–H groups in total. The minimum atomic E-state index is -0.647. The van der Waals surface area contributed by atoms with Crippen LogP contribution in [0.25, 0.3) is 0 Å². The fourth-order valence-electron chi connectivity index (χ4n) is 1.68. The number of benzene rings is 1. The number of aliphatic carboxylic acids is 1. The summed E-state index contributed by atoms with van der Waals surface area (Å²) >= 11 is 1.69. The van der Waals surface area contributed by atoms with Crippen molar-refractivity contribution in [3.8, 4) is 0 Å². The zero-order chi connectivity index (χ0) is 10.8. The molecule has 1 aromatic rings. The Labute approximate surface area is 93.7 Å². The highest BCUT2D eigenvalue weighted by atomic mass is 32.2. The van der Waals surface area contributed by atoms with E-state index in [1.165, 1.54) is 10.5 Å². The Kier molecular flexibility index (Phi) is 3.00. The summed E-state index contributed by atoms with van der Waals surface area (Å²) in [5.41, 5.74) is 1.24. The largest absolute Gasteiger partial charge is 0.481 e. The molecule has 1 aliphatic carbocycles. The van der Waals surface area contributed by atoms with Crippen molar-refractivity contribution in [2.24, 2.45) is 5.92 Å². The minimum Gasteiger partial charge on any atom is -0.481 e. The summed E-state index contributed by atoms with van der Waals surface area (Å²) in [5.74, 6) is -0.790. The second-order valence-corrected chi connectivity index (χ2v) is 5.30. The summed E-state index contributed by atoms with van der Waals surface area (Å²) in [6, 6.07) is 8.27. The van der Waals surface area contributed by atoms with Crippen molar-refractivity contribution >= 4 is 17.7 Å². The van der Waals surface area contributed by atoms with Crippen molar-refractivity contribution in [2.75, 3.05) is 0 Å². The van der Waals surface area contributed by atoms with Crippen LogP contribution < -0.4 is 0 Å². The maximum Gasteiger partial charge on any atom is 0.307 e. The molecule has 1 aliphatic rings. The normalized spacial score (nSPS) is 24.6. The van der Waals surface area contributed by atoms with Gasteiger partial charge in [-0.25, -0.2) is 0 Å². The molecule has 0 saturated heterocycles. The van der Waals surface area contributed by atoms with Crippen LogP contribution in [0.3, 0.4) is 0 Å². The molecule has 2 atom stereocenters. The van der Waals surface area contributed by atoms with Crippen molar-refractivity contribution in [3.63, 3.8) is 0 Å². The van der Waals surface area contributed by atoms with Crippen LogP contribution in [0.2, 0.25) is 0 Å². The summed E-state index contributed by atoms with van der Waals surface area (Å²) in [7, 11) is 0. The molecule has 2 unspecified atom stereocenters. The van der Waals surface area contributed by atoms with Gasteiger partial charge in [0.15, 0.2) is 0 Å². The highest BCUT2D eigenvalue weighted by Gasteiger charge is 2.37. The molecule has 0 spiro atoms. The zero-order valence-corrected chi connectivity index (χ0v) is 9.46. The first-order chi connectivity index (χ1) is 7.16. The van der Waals surface area contributed by atoms with Gasteiger partial charge in [0, 0.05) is 10.1 Å². The average Bonchev–Trinajstić information content (AvgIpc) is 2.14. The van der Waals surface area contributed by atoms with E-state index < -0.39 is 5.97 Å². The number of rotatable bonds is 3. The summed E-state index contributed by atoms with van der Waals surface area (Å²) in [6.45, 7) is 2.05. The second-order valence-electron chi connectivity index (χ2n) is 3.99. The zero-order valence-electron chi connectivity index (χ0n) is 8.64. The molecule has 80 valence electrons. The van der Waals surface area contributed by atoms with Crippen LogP contribution in [0.15, 0.2) is 29.2 Å². The lowest BCUT2D eigenvalue weighted by Crippen LogP contribution is -2.35. The summed E-state index contributed by atoms with van der Waals surface area (Å²) in [6.07, 6.45) is 1.86. The van der Waals surface area contributed by atoms with Crippen molar-refractivity contribution in [3.05, 3.63) is 29.8 Å². The standard InChI is InChI=1S/C12H14O2S/c1-8-2-4-9(5-3-8)15-11-7-6-10(11)12(13)14/h2-5,10-11H,6-7H2,1H3,(H,13,14). The van der Waals surface area contributed by atoms with Crippen LogP contribution in [-0.4, -0.2) is 16.3 Å². The first kappa shape index (κ1) is 10.6. The van der Waals surface area contributed by atoms with Gasteiger partial charge in [-0.1, -0.05) is 17.7 Å². The Hall–Kier alpha value is -0.960.